The van der Waals surface area contributed by atoms with E-state index in [2.05, 4.69) is 6.58 Å². The summed E-state index contributed by atoms with van der Waals surface area (Å²) in [6.07, 6.45) is 0. The van der Waals surface area contributed by atoms with Gasteiger partial charge in [0.15, 0.2) is 0 Å². The zero-order chi connectivity index (χ0) is 7.40. The molecule has 1 N–H and O–H groups in total. The Bertz CT molecular complexity index is 125. The maximum atomic E-state index is 8.84. The van der Waals surface area contributed by atoms with Gasteiger partial charge >= 0.3 is 0 Å². The van der Waals surface area contributed by atoms with Crippen LogP contribution in [0.15, 0.2) is 12.2 Å². The Labute approximate surface area is 70.3 Å². The van der Waals surface area contributed by atoms with Crippen LogP contribution in [0.5, 0.6) is 0 Å². The molecular formula is C7H12OS2. The minimum absolute atomic E-state index is 0.310. The number of hydrogen-bond acceptors (Lipinski definition) is 3. The molecule has 3 heteroatoms. The van der Waals surface area contributed by atoms with Gasteiger partial charge in [0.05, 0.1) is 6.61 Å². The number of hydrogen-bond donors (Lipinski definition) is 1. The first kappa shape index (κ1) is 8.50. The SMILES string of the molecule is C=C1CSCC(CO)SC1. The first-order chi connectivity index (χ1) is 4.83. The van der Waals surface area contributed by atoms with Gasteiger partial charge in [-0.2, -0.15) is 23.5 Å². The van der Waals surface area contributed by atoms with E-state index in [4.69, 9.17) is 5.11 Å². The normalized spacial score (nSPS) is 28.1. The van der Waals surface area contributed by atoms with Crippen LogP contribution in [0.25, 0.3) is 0 Å². The summed E-state index contributed by atoms with van der Waals surface area (Å²) in [5, 5.41) is 9.27. The predicted octanol–water partition coefficient (Wildman–Crippen LogP) is 1.38. The molecule has 10 heavy (non-hydrogen) atoms. The van der Waals surface area contributed by atoms with E-state index in [0.717, 1.165) is 17.3 Å². The van der Waals surface area contributed by atoms with E-state index in [1.165, 1.54) is 5.57 Å². The quantitative estimate of drug-likeness (QED) is 0.610. The molecule has 0 aromatic carbocycles. The van der Waals surface area contributed by atoms with Gasteiger partial charge in [0.2, 0.25) is 0 Å². The van der Waals surface area contributed by atoms with E-state index in [1.54, 1.807) is 0 Å². The average molecular weight is 176 g/mol. The average Bonchev–Trinajstić information content (AvgIpc) is 2.14. The fraction of sp³-hybridized carbons (Fsp3) is 0.714. The van der Waals surface area contributed by atoms with Crippen LogP contribution in [0.2, 0.25) is 0 Å². The molecule has 1 unspecified atom stereocenters. The summed E-state index contributed by atoms with van der Waals surface area (Å²) < 4.78 is 0. The van der Waals surface area contributed by atoms with Crippen molar-refractivity contribution in [3.8, 4) is 0 Å². The maximum absolute atomic E-state index is 8.84. The molecular weight excluding hydrogens is 164 g/mol. The van der Waals surface area contributed by atoms with Crippen LogP contribution in [0.1, 0.15) is 0 Å². The molecule has 1 heterocycles. The Hall–Kier alpha value is 0.400. The number of rotatable bonds is 1. The fourth-order valence-electron chi connectivity index (χ4n) is 0.766. The Kier molecular flexibility index (Phi) is 3.66. The van der Waals surface area contributed by atoms with Crippen LogP contribution in [-0.4, -0.2) is 34.2 Å². The molecule has 0 aromatic heterocycles. The molecule has 1 aliphatic heterocycles. The summed E-state index contributed by atoms with van der Waals surface area (Å²) in [6.45, 7) is 4.23. The Morgan fingerprint density at radius 2 is 2.40 bits per heavy atom. The first-order valence-corrected chi connectivity index (χ1v) is 5.50. The molecule has 1 fully saturated rings. The van der Waals surface area contributed by atoms with Gasteiger partial charge in [0.25, 0.3) is 0 Å². The van der Waals surface area contributed by atoms with Crippen molar-refractivity contribution in [1.82, 2.24) is 0 Å². The van der Waals surface area contributed by atoms with Crippen molar-refractivity contribution in [2.24, 2.45) is 0 Å². The summed E-state index contributed by atoms with van der Waals surface area (Å²) in [4.78, 5) is 0. The van der Waals surface area contributed by atoms with Crippen LogP contribution < -0.4 is 0 Å². The van der Waals surface area contributed by atoms with E-state index >= 15 is 0 Å². The second-order valence-corrected chi connectivity index (χ2v) is 4.70. The second kappa shape index (κ2) is 4.31. The molecule has 0 spiro atoms. The minimum Gasteiger partial charge on any atom is -0.395 e. The van der Waals surface area contributed by atoms with Crippen molar-refractivity contribution in [3.05, 3.63) is 12.2 Å². The van der Waals surface area contributed by atoms with Crippen molar-refractivity contribution in [1.29, 1.82) is 0 Å². The first-order valence-electron chi connectivity index (χ1n) is 3.30. The van der Waals surface area contributed by atoms with Crippen LogP contribution in [0, 0.1) is 0 Å². The Morgan fingerprint density at radius 3 is 3.10 bits per heavy atom. The van der Waals surface area contributed by atoms with Crippen LogP contribution in [0.3, 0.4) is 0 Å². The topological polar surface area (TPSA) is 20.2 Å². The van der Waals surface area contributed by atoms with Gasteiger partial charge in [0, 0.05) is 22.5 Å². The van der Waals surface area contributed by atoms with Crippen molar-refractivity contribution < 1.29 is 5.11 Å². The van der Waals surface area contributed by atoms with Crippen molar-refractivity contribution in [3.63, 3.8) is 0 Å². The number of thioether (sulfide) groups is 2. The van der Waals surface area contributed by atoms with Gasteiger partial charge < -0.3 is 5.11 Å². The second-order valence-electron chi connectivity index (χ2n) is 2.38. The number of aliphatic hydroxyl groups is 1. The zero-order valence-corrected chi connectivity index (χ0v) is 7.51. The molecule has 0 aliphatic carbocycles. The largest absolute Gasteiger partial charge is 0.395 e. The standard InChI is InChI=1S/C7H12OS2/c1-6-3-9-5-7(2-8)10-4-6/h7-8H,1-5H2. The summed E-state index contributed by atoms with van der Waals surface area (Å²) in [5.74, 6) is 3.17. The lowest BCUT2D eigenvalue weighted by atomic mass is 10.4. The molecule has 0 saturated carbocycles. The van der Waals surface area contributed by atoms with Crippen LogP contribution >= 0.6 is 23.5 Å². The molecule has 1 nitrogen and oxygen atoms in total. The van der Waals surface area contributed by atoms with E-state index in [1.807, 2.05) is 23.5 Å². The predicted molar refractivity (Wildman–Crippen MR) is 49.8 cm³/mol. The highest BCUT2D eigenvalue weighted by Crippen LogP contribution is 2.24. The van der Waals surface area contributed by atoms with E-state index in [0.29, 0.717) is 11.9 Å². The van der Waals surface area contributed by atoms with Crippen molar-refractivity contribution in [2.45, 2.75) is 5.25 Å². The fourth-order valence-corrected chi connectivity index (χ4v) is 3.12. The van der Waals surface area contributed by atoms with E-state index < -0.39 is 0 Å². The van der Waals surface area contributed by atoms with E-state index in [9.17, 15) is 0 Å². The smallest absolute Gasteiger partial charge is 0.0558 e. The Balaban J connectivity index is 2.33. The summed E-state index contributed by atoms with van der Waals surface area (Å²) in [6, 6.07) is 0. The third-order valence-electron chi connectivity index (χ3n) is 1.34. The van der Waals surface area contributed by atoms with Crippen LogP contribution in [0.4, 0.5) is 0 Å². The van der Waals surface area contributed by atoms with Gasteiger partial charge in [-0.15, -0.1) is 0 Å². The zero-order valence-electron chi connectivity index (χ0n) is 5.88. The van der Waals surface area contributed by atoms with Crippen LogP contribution in [-0.2, 0) is 0 Å². The summed E-state index contributed by atoms with van der Waals surface area (Å²) in [5.41, 5.74) is 1.30. The van der Waals surface area contributed by atoms with Gasteiger partial charge in [-0.05, 0) is 0 Å². The molecule has 0 amide bonds. The minimum atomic E-state index is 0.310. The van der Waals surface area contributed by atoms with Crippen molar-refractivity contribution in [2.75, 3.05) is 23.9 Å². The lowest BCUT2D eigenvalue weighted by Gasteiger charge is -2.06. The molecule has 58 valence electrons. The summed E-state index contributed by atoms with van der Waals surface area (Å²) >= 11 is 3.70. The molecule has 1 atom stereocenters. The third kappa shape index (κ3) is 2.56. The molecule has 1 aliphatic rings. The summed E-state index contributed by atoms with van der Waals surface area (Å²) in [7, 11) is 0. The third-order valence-corrected chi connectivity index (χ3v) is 4.16. The maximum Gasteiger partial charge on any atom is 0.0558 e. The lowest BCUT2D eigenvalue weighted by Crippen LogP contribution is -2.10. The van der Waals surface area contributed by atoms with Gasteiger partial charge in [-0.3, -0.25) is 0 Å². The van der Waals surface area contributed by atoms with Gasteiger partial charge in [-0.1, -0.05) is 12.2 Å². The molecule has 1 rings (SSSR count). The van der Waals surface area contributed by atoms with Gasteiger partial charge in [-0.25, -0.2) is 0 Å². The molecule has 1 saturated heterocycles. The Morgan fingerprint density at radius 1 is 1.60 bits per heavy atom. The highest BCUT2D eigenvalue weighted by Gasteiger charge is 2.12. The molecule has 0 radical (unpaired) electrons. The highest BCUT2D eigenvalue weighted by atomic mass is 32.2. The molecule has 0 aromatic rings. The van der Waals surface area contributed by atoms with Gasteiger partial charge in [0.1, 0.15) is 0 Å². The molecule has 0 bridgehead atoms. The highest BCUT2D eigenvalue weighted by molar-refractivity contribution is 8.04. The van der Waals surface area contributed by atoms with Crippen molar-refractivity contribution >= 4 is 23.5 Å². The lowest BCUT2D eigenvalue weighted by molar-refractivity contribution is 0.301. The monoisotopic (exact) mass is 176 g/mol. The number of aliphatic hydroxyl groups excluding tert-OH is 1. The van der Waals surface area contributed by atoms with E-state index in [-0.39, 0.29) is 0 Å².